The van der Waals surface area contributed by atoms with E-state index in [1.165, 1.54) is 0 Å². The van der Waals surface area contributed by atoms with Crippen molar-refractivity contribution < 1.29 is 9.90 Å². The summed E-state index contributed by atoms with van der Waals surface area (Å²) in [6, 6.07) is -0.372. The summed E-state index contributed by atoms with van der Waals surface area (Å²) in [6.07, 6.45) is 4.97. The molecule has 1 aliphatic heterocycles. The first-order valence-electron chi connectivity index (χ1n) is 5.33. The summed E-state index contributed by atoms with van der Waals surface area (Å²) in [5, 5.41) is 13.2. The van der Waals surface area contributed by atoms with Crippen LogP contribution in [-0.2, 0) is 11.8 Å². The fourth-order valence-corrected chi connectivity index (χ4v) is 2.29. The Kier molecular flexibility index (Phi) is 2.82. The molecule has 1 aliphatic rings. The molecule has 16 heavy (non-hydrogen) atoms. The largest absolute Gasteiger partial charge is 0.480 e. The van der Waals surface area contributed by atoms with Gasteiger partial charge in [0.05, 0.1) is 11.9 Å². The van der Waals surface area contributed by atoms with E-state index in [2.05, 4.69) is 5.10 Å². The molecular weight excluding hydrogens is 208 g/mol. The number of aliphatic carboxylic acids is 1. The molecule has 1 fully saturated rings. The summed E-state index contributed by atoms with van der Waals surface area (Å²) in [7, 11) is 1.81. The second kappa shape index (κ2) is 4.13. The van der Waals surface area contributed by atoms with E-state index >= 15 is 0 Å². The normalized spacial score (nSPS) is 25.0. The topological polar surface area (TPSA) is 84.4 Å². The highest BCUT2D eigenvalue weighted by Crippen LogP contribution is 2.29. The van der Waals surface area contributed by atoms with Crippen molar-refractivity contribution in [1.29, 1.82) is 0 Å². The van der Waals surface area contributed by atoms with Crippen molar-refractivity contribution in [2.24, 2.45) is 12.8 Å². The molecule has 0 saturated carbocycles. The summed E-state index contributed by atoms with van der Waals surface area (Å²) in [5.41, 5.74) is 6.50. The maximum absolute atomic E-state index is 11.1. The molecule has 0 aliphatic carbocycles. The maximum atomic E-state index is 11.1. The summed E-state index contributed by atoms with van der Waals surface area (Å²) >= 11 is 0. The fraction of sp³-hybridized carbons (Fsp3) is 0.600. The van der Waals surface area contributed by atoms with Gasteiger partial charge in [0, 0.05) is 25.8 Å². The average molecular weight is 224 g/mol. The van der Waals surface area contributed by atoms with Gasteiger partial charge in [-0.05, 0) is 12.8 Å². The highest BCUT2D eigenvalue weighted by Gasteiger charge is 2.37. The molecule has 0 bridgehead atoms. The lowest BCUT2D eigenvalue weighted by Gasteiger charge is -2.28. The van der Waals surface area contributed by atoms with Gasteiger partial charge in [0.15, 0.2) is 0 Å². The molecule has 2 atom stereocenters. The molecule has 2 heterocycles. The minimum absolute atomic E-state index is 0.102. The van der Waals surface area contributed by atoms with Crippen LogP contribution in [0.1, 0.15) is 12.8 Å². The Morgan fingerprint density at radius 1 is 1.69 bits per heavy atom. The lowest BCUT2D eigenvalue weighted by atomic mass is 10.2. The van der Waals surface area contributed by atoms with Gasteiger partial charge in [-0.1, -0.05) is 0 Å². The van der Waals surface area contributed by atoms with Crippen LogP contribution in [0.15, 0.2) is 12.4 Å². The van der Waals surface area contributed by atoms with E-state index in [9.17, 15) is 4.79 Å². The highest BCUT2D eigenvalue weighted by atomic mass is 16.4. The third-order valence-electron chi connectivity index (χ3n) is 3.05. The van der Waals surface area contributed by atoms with Crippen LogP contribution < -0.4 is 10.6 Å². The van der Waals surface area contributed by atoms with E-state index in [1.54, 1.807) is 10.9 Å². The zero-order valence-corrected chi connectivity index (χ0v) is 9.21. The number of anilines is 1. The van der Waals surface area contributed by atoms with Gasteiger partial charge in [-0.2, -0.15) is 5.10 Å². The Morgan fingerprint density at radius 2 is 2.44 bits per heavy atom. The van der Waals surface area contributed by atoms with Crippen molar-refractivity contribution in [3.8, 4) is 0 Å². The SMILES string of the molecule is Cn1cc(N2[C@@H](CN)CC[C@@H]2C(=O)O)cn1. The number of nitrogens with zero attached hydrogens (tertiary/aromatic N) is 3. The number of carboxylic acid groups (broad SMARTS) is 1. The number of hydrogen-bond acceptors (Lipinski definition) is 4. The summed E-state index contributed by atoms with van der Waals surface area (Å²) < 4.78 is 1.67. The van der Waals surface area contributed by atoms with E-state index in [0.717, 1.165) is 12.1 Å². The Morgan fingerprint density at radius 3 is 2.94 bits per heavy atom. The second-order valence-electron chi connectivity index (χ2n) is 4.10. The van der Waals surface area contributed by atoms with Crippen LogP contribution in [0.5, 0.6) is 0 Å². The van der Waals surface area contributed by atoms with Crippen molar-refractivity contribution in [2.45, 2.75) is 24.9 Å². The van der Waals surface area contributed by atoms with Crippen LogP contribution in [0, 0.1) is 0 Å². The van der Waals surface area contributed by atoms with E-state index < -0.39 is 12.0 Å². The van der Waals surface area contributed by atoms with Crippen molar-refractivity contribution in [3.63, 3.8) is 0 Å². The standard InChI is InChI=1S/C10H16N4O2/c1-13-6-8(5-12-13)14-7(4-11)2-3-9(14)10(15)16/h5-7,9H,2-4,11H2,1H3,(H,15,16)/t7-,9-/m1/s1. The van der Waals surface area contributed by atoms with Gasteiger partial charge in [-0.15, -0.1) is 0 Å². The molecule has 6 nitrogen and oxygen atoms in total. The van der Waals surface area contributed by atoms with Crippen molar-refractivity contribution in [1.82, 2.24) is 9.78 Å². The van der Waals surface area contributed by atoms with Crippen LogP contribution in [0.2, 0.25) is 0 Å². The van der Waals surface area contributed by atoms with Crippen LogP contribution in [0.3, 0.4) is 0 Å². The van der Waals surface area contributed by atoms with E-state index in [4.69, 9.17) is 10.8 Å². The zero-order chi connectivity index (χ0) is 11.7. The number of aryl methyl sites for hydroxylation is 1. The molecule has 88 valence electrons. The van der Waals surface area contributed by atoms with Crippen molar-refractivity contribution >= 4 is 11.7 Å². The van der Waals surface area contributed by atoms with Crippen molar-refractivity contribution in [2.75, 3.05) is 11.4 Å². The third-order valence-corrected chi connectivity index (χ3v) is 3.05. The monoisotopic (exact) mass is 224 g/mol. The highest BCUT2D eigenvalue weighted by molar-refractivity contribution is 5.79. The lowest BCUT2D eigenvalue weighted by molar-refractivity contribution is -0.138. The minimum Gasteiger partial charge on any atom is -0.480 e. The van der Waals surface area contributed by atoms with Gasteiger partial charge in [-0.25, -0.2) is 4.79 Å². The molecule has 1 aromatic heterocycles. The maximum Gasteiger partial charge on any atom is 0.326 e. The molecular formula is C10H16N4O2. The summed E-state index contributed by atoms with van der Waals surface area (Å²) in [5.74, 6) is -0.792. The molecule has 2 rings (SSSR count). The van der Waals surface area contributed by atoms with Gasteiger partial charge < -0.3 is 15.7 Å². The van der Waals surface area contributed by atoms with E-state index in [-0.39, 0.29) is 6.04 Å². The number of nitrogens with two attached hydrogens (primary N) is 1. The van der Waals surface area contributed by atoms with Crippen LogP contribution in [0.4, 0.5) is 5.69 Å². The number of carbonyl (C=O) groups is 1. The van der Waals surface area contributed by atoms with Gasteiger partial charge in [0.25, 0.3) is 0 Å². The Labute approximate surface area is 93.6 Å². The Hall–Kier alpha value is -1.56. The third kappa shape index (κ3) is 1.76. The zero-order valence-electron chi connectivity index (χ0n) is 9.21. The first kappa shape index (κ1) is 10.9. The Balaban J connectivity index is 2.29. The quantitative estimate of drug-likeness (QED) is 0.742. The first-order chi connectivity index (χ1) is 7.63. The minimum atomic E-state index is -0.792. The number of rotatable bonds is 3. The predicted octanol–water partition coefficient (Wildman–Crippen LogP) is -0.199. The van der Waals surface area contributed by atoms with Crippen molar-refractivity contribution in [3.05, 3.63) is 12.4 Å². The summed E-state index contributed by atoms with van der Waals surface area (Å²) in [4.78, 5) is 13.0. The molecule has 0 amide bonds. The number of hydrogen-bond donors (Lipinski definition) is 2. The molecule has 0 unspecified atom stereocenters. The first-order valence-corrected chi connectivity index (χ1v) is 5.33. The average Bonchev–Trinajstić information content (AvgIpc) is 2.82. The molecule has 0 aromatic carbocycles. The fourth-order valence-electron chi connectivity index (χ4n) is 2.29. The van der Waals surface area contributed by atoms with E-state index in [1.807, 2.05) is 18.1 Å². The lowest BCUT2D eigenvalue weighted by Crippen LogP contribution is -2.43. The Bertz CT molecular complexity index is 390. The smallest absolute Gasteiger partial charge is 0.326 e. The predicted molar refractivity (Wildman–Crippen MR) is 59.2 cm³/mol. The van der Waals surface area contributed by atoms with Gasteiger partial charge in [0.2, 0.25) is 0 Å². The van der Waals surface area contributed by atoms with Gasteiger partial charge in [-0.3, -0.25) is 4.68 Å². The van der Waals surface area contributed by atoms with E-state index in [0.29, 0.717) is 13.0 Å². The van der Waals surface area contributed by atoms with Crippen LogP contribution in [0.25, 0.3) is 0 Å². The van der Waals surface area contributed by atoms with Crippen LogP contribution in [-0.4, -0.2) is 39.5 Å². The molecule has 1 saturated heterocycles. The molecule has 3 N–H and O–H groups in total. The van der Waals surface area contributed by atoms with Gasteiger partial charge in [0.1, 0.15) is 6.04 Å². The second-order valence-corrected chi connectivity index (χ2v) is 4.10. The molecule has 1 aromatic rings. The molecule has 0 spiro atoms. The van der Waals surface area contributed by atoms with Gasteiger partial charge >= 0.3 is 5.97 Å². The molecule has 6 heteroatoms. The van der Waals surface area contributed by atoms with Crippen LogP contribution >= 0.6 is 0 Å². The number of aromatic nitrogens is 2. The number of carboxylic acids is 1. The summed E-state index contributed by atoms with van der Waals surface area (Å²) in [6.45, 7) is 0.471. The molecule has 0 radical (unpaired) electrons.